The molecule has 3 rings (SSSR count). The van der Waals surface area contributed by atoms with Gasteiger partial charge in [0.05, 0.1) is 15.6 Å². The van der Waals surface area contributed by atoms with Crippen molar-refractivity contribution in [1.82, 2.24) is 9.97 Å². The van der Waals surface area contributed by atoms with Gasteiger partial charge >= 0.3 is 0 Å². The van der Waals surface area contributed by atoms with E-state index in [4.69, 9.17) is 28.9 Å². The maximum absolute atomic E-state index is 12.3. The number of nitrogens with one attached hydrogen (secondary N) is 1. The van der Waals surface area contributed by atoms with E-state index in [0.717, 1.165) is 11.1 Å². The maximum atomic E-state index is 12.3. The quantitative estimate of drug-likeness (QED) is 0.513. The third-order valence-corrected chi connectivity index (χ3v) is 5.03. The van der Waals surface area contributed by atoms with Crippen LogP contribution in [0.25, 0.3) is 11.1 Å². The Labute approximate surface area is 153 Å². The second kappa shape index (κ2) is 7.30. The first-order valence-electron chi connectivity index (χ1n) is 7.06. The molecule has 0 radical (unpaired) electrons. The molecule has 1 aromatic heterocycles. The molecule has 1 heterocycles. The number of hydrogen-bond acceptors (Lipinski definition) is 4. The molecular formula is C17H13Cl2N3OS. The molecule has 0 saturated heterocycles. The Balaban J connectivity index is 1.83. The van der Waals surface area contributed by atoms with Crippen LogP contribution in [0.4, 0.5) is 5.82 Å². The summed E-state index contributed by atoms with van der Waals surface area (Å²) in [7, 11) is 0. The number of nitrogen functional groups attached to an aromatic ring is 1. The first-order chi connectivity index (χ1) is 11.5. The zero-order valence-electron chi connectivity index (χ0n) is 12.4. The first kappa shape index (κ1) is 16.9. The topological polar surface area (TPSA) is 71.8 Å². The van der Waals surface area contributed by atoms with E-state index in [1.165, 1.54) is 11.8 Å². The van der Waals surface area contributed by atoms with Crippen molar-refractivity contribution in [3.8, 4) is 11.1 Å². The molecule has 0 aliphatic carbocycles. The number of thioether (sulfide) groups is 1. The summed E-state index contributed by atoms with van der Waals surface area (Å²) in [6, 6.07) is 14.6. The van der Waals surface area contributed by atoms with Crippen LogP contribution in [-0.4, -0.2) is 9.97 Å². The number of benzene rings is 2. The van der Waals surface area contributed by atoms with E-state index in [-0.39, 0.29) is 11.4 Å². The van der Waals surface area contributed by atoms with Crippen LogP contribution in [0.3, 0.4) is 0 Å². The van der Waals surface area contributed by atoms with Crippen LogP contribution in [0.15, 0.2) is 58.5 Å². The van der Waals surface area contributed by atoms with Gasteiger partial charge < -0.3 is 10.7 Å². The predicted octanol–water partition coefficient (Wildman–Crippen LogP) is 4.62. The van der Waals surface area contributed by atoms with E-state index in [9.17, 15) is 4.79 Å². The monoisotopic (exact) mass is 377 g/mol. The van der Waals surface area contributed by atoms with E-state index < -0.39 is 0 Å². The average molecular weight is 378 g/mol. The Morgan fingerprint density at radius 3 is 2.50 bits per heavy atom. The predicted molar refractivity (Wildman–Crippen MR) is 101 cm³/mol. The molecule has 0 fully saturated rings. The van der Waals surface area contributed by atoms with Gasteiger partial charge in [0.2, 0.25) is 0 Å². The molecular weight excluding hydrogens is 365 g/mol. The number of aromatic amines is 1. The fourth-order valence-electron chi connectivity index (χ4n) is 2.20. The van der Waals surface area contributed by atoms with Gasteiger partial charge in [-0.25, -0.2) is 4.98 Å². The SMILES string of the molecule is Nc1nc(SCc2ccc(Cl)c(Cl)c2)[nH]c(=O)c1-c1ccccc1. The second-order valence-corrected chi connectivity index (χ2v) is 6.81. The Morgan fingerprint density at radius 2 is 1.83 bits per heavy atom. The number of anilines is 1. The summed E-state index contributed by atoms with van der Waals surface area (Å²) in [5, 5.41) is 1.46. The highest BCUT2D eigenvalue weighted by Gasteiger charge is 2.11. The minimum atomic E-state index is -0.259. The number of nitrogens with zero attached hydrogens (tertiary/aromatic N) is 1. The van der Waals surface area contributed by atoms with Crippen LogP contribution < -0.4 is 11.3 Å². The van der Waals surface area contributed by atoms with Gasteiger partial charge in [-0.15, -0.1) is 0 Å². The molecule has 3 N–H and O–H groups in total. The van der Waals surface area contributed by atoms with Gasteiger partial charge in [0.15, 0.2) is 5.16 Å². The summed E-state index contributed by atoms with van der Waals surface area (Å²) in [5.74, 6) is 0.797. The summed E-state index contributed by atoms with van der Waals surface area (Å²) in [6.07, 6.45) is 0. The molecule has 0 bridgehead atoms. The van der Waals surface area contributed by atoms with Crippen LogP contribution >= 0.6 is 35.0 Å². The zero-order chi connectivity index (χ0) is 17.1. The van der Waals surface area contributed by atoms with Crippen molar-refractivity contribution < 1.29 is 0 Å². The lowest BCUT2D eigenvalue weighted by Gasteiger charge is -2.07. The summed E-state index contributed by atoms with van der Waals surface area (Å²) < 4.78 is 0. The summed E-state index contributed by atoms with van der Waals surface area (Å²) in [4.78, 5) is 19.4. The largest absolute Gasteiger partial charge is 0.383 e. The lowest BCUT2D eigenvalue weighted by Crippen LogP contribution is -2.15. The molecule has 122 valence electrons. The van der Waals surface area contributed by atoms with Gasteiger partial charge in [-0.3, -0.25) is 4.79 Å². The van der Waals surface area contributed by atoms with Crippen molar-refractivity contribution in [1.29, 1.82) is 0 Å². The van der Waals surface area contributed by atoms with Crippen LogP contribution in [0.2, 0.25) is 10.0 Å². The molecule has 4 nitrogen and oxygen atoms in total. The van der Waals surface area contributed by atoms with E-state index in [2.05, 4.69) is 9.97 Å². The highest BCUT2D eigenvalue weighted by atomic mass is 35.5. The maximum Gasteiger partial charge on any atom is 0.261 e. The third kappa shape index (κ3) is 3.75. The molecule has 7 heteroatoms. The molecule has 0 atom stereocenters. The zero-order valence-corrected chi connectivity index (χ0v) is 14.8. The smallest absolute Gasteiger partial charge is 0.261 e. The lowest BCUT2D eigenvalue weighted by atomic mass is 10.1. The highest BCUT2D eigenvalue weighted by Crippen LogP contribution is 2.27. The molecule has 2 aromatic carbocycles. The van der Waals surface area contributed by atoms with Crippen molar-refractivity contribution in [3.05, 3.63) is 74.5 Å². The Hall–Kier alpha value is -1.95. The first-order valence-corrected chi connectivity index (χ1v) is 8.80. The number of H-pyrrole nitrogens is 1. The number of hydrogen-bond donors (Lipinski definition) is 2. The normalized spacial score (nSPS) is 10.8. The van der Waals surface area contributed by atoms with Gasteiger partial charge in [-0.2, -0.15) is 0 Å². The van der Waals surface area contributed by atoms with E-state index in [1.54, 1.807) is 12.1 Å². The molecule has 0 aliphatic rings. The van der Waals surface area contributed by atoms with Crippen LogP contribution in [0, 0.1) is 0 Å². The summed E-state index contributed by atoms with van der Waals surface area (Å²) in [6.45, 7) is 0. The van der Waals surface area contributed by atoms with E-state index in [1.807, 2.05) is 36.4 Å². The molecule has 0 spiro atoms. The van der Waals surface area contributed by atoms with Gasteiger partial charge in [0, 0.05) is 5.75 Å². The van der Waals surface area contributed by atoms with Gasteiger partial charge in [-0.05, 0) is 23.3 Å². The van der Waals surface area contributed by atoms with Crippen molar-refractivity contribution in [2.24, 2.45) is 0 Å². The Bertz CT molecular complexity index is 929. The minimum Gasteiger partial charge on any atom is -0.383 e. The van der Waals surface area contributed by atoms with Crippen LogP contribution in [0.5, 0.6) is 0 Å². The average Bonchev–Trinajstić information content (AvgIpc) is 2.56. The number of nitrogens with two attached hydrogens (primary N) is 1. The van der Waals surface area contributed by atoms with Crippen LogP contribution in [-0.2, 0) is 5.75 Å². The van der Waals surface area contributed by atoms with Gasteiger partial charge in [-0.1, -0.05) is 71.4 Å². The van der Waals surface area contributed by atoms with Crippen molar-refractivity contribution in [2.45, 2.75) is 10.9 Å². The van der Waals surface area contributed by atoms with Crippen molar-refractivity contribution >= 4 is 40.8 Å². The van der Waals surface area contributed by atoms with Crippen molar-refractivity contribution in [3.63, 3.8) is 0 Å². The molecule has 0 amide bonds. The fraction of sp³-hybridized carbons (Fsp3) is 0.0588. The van der Waals surface area contributed by atoms with E-state index in [0.29, 0.717) is 26.5 Å². The Kier molecular flexibility index (Phi) is 5.14. The van der Waals surface area contributed by atoms with Crippen molar-refractivity contribution in [2.75, 3.05) is 5.73 Å². The molecule has 3 aromatic rings. The molecule has 24 heavy (non-hydrogen) atoms. The van der Waals surface area contributed by atoms with E-state index >= 15 is 0 Å². The van der Waals surface area contributed by atoms with Gasteiger partial charge in [0.1, 0.15) is 5.82 Å². The number of halogens is 2. The fourth-order valence-corrected chi connectivity index (χ4v) is 3.33. The molecule has 0 unspecified atom stereocenters. The second-order valence-electron chi connectivity index (χ2n) is 5.03. The third-order valence-electron chi connectivity index (χ3n) is 3.35. The minimum absolute atomic E-state index is 0.210. The number of rotatable bonds is 4. The van der Waals surface area contributed by atoms with Crippen LogP contribution in [0.1, 0.15) is 5.56 Å². The molecule has 0 aliphatic heterocycles. The number of aromatic nitrogens is 2. The lowest BCUT2D eigenvalue weighted by molar-refractivity contribution is 0.948. The summed E-state index contributed by atoms with van der Waals surface area (Å²) in [5.41, 5.74) is 7.82. The standard InChI is InChI=1S/C17H13Cl2N3OS/c18-12-7-6-10(8-13(12)19)9-24-17-21-15(20)14(16(23)22-17)11-4-2-1-3-5-11/h1-8H,9H2,(H3,20,21,22,23). The molecule has 0 saturated carbocycles. The Morgan fingerprint density at radius 1 is 1.08 bits per heavy atom. The summed E-state index contributed by atoms with van der Waals surface area (Å²) >= 11 is 13.3. The highest BCUT2D eigenvalue weighted by molar-refractivity contribution is 7.98. The van der Waals surface area contributed by atoms with Gasteiger partial charge in [0.25, 0.3) is 5.56 Å².